The zero-order valence-corrected chi connectivity index (χ0v) is 13.2. The minimum Gasteiger partial charge on any atom is -0.294 e. The molecule has 1 fully saturated rings. The monoisotopic (exact) mass is 297 g/mol. The maximum absolute atomic E-state index is 13.5. The first-order chi connectivity index (χ1) is 10.4. The number of carbonyl (C=O) groups excluding carboxylic acids is 1. The van der Waals surface area contributed by atoms with E-state index < -0.39 is 0 Å². The molecule has 1 aliphatic heterocycles. The quantitative estimate of drug-likeness (QED) is 0.656. The van der Waals surface area contributed by atoms with Gasteiger partial charge in [0.25, 0.3) is 0 Å². The van der Waals surface area contributed by atoms with Crippen molar-refractivity contribution in [2.45, 2.75) is 45.1 Å². The summed E-state index contributed by atoms with van der Waals surface area (Å²) in [6.07, 6.45) is 3.88. The van der Waals surface area contributed by atoms with Crippen LogP contribution in [0.5, 0.6) is 0 Å². The topological polar surface area (TPSA) is 29.4 Å². The lowest BCUT2D eigenvalue weighted by Gasteiger charge is -2.38. The van der Waals surface area contributed by atoms with Gasteiger partial charge in [-0.1, -0.05) is 17.7 Å². The maximum atomic E-state index is 13.5. The van der Waals surface area contributed by atoms with Gasteiger partial charge in [-0.3, -0.25) is 9.79 Å². The lowest BCUT2D eigenvalue weighted by molar-refractivity contribution is 0.0916. The van der Waals surface area contributed by atoms with Gasteiger partial charge in [-0.05, 0) is 57.2 Å². The van der Waals surface area contributed by atoms with E-state index in [1.54, 1.807) is 6.07 Å². The van der Waals surface area contributed by atoms with Crippen molar-refractivity contribution < 1.29 is 9.18 Å². The number of fused-ring (bicyclic) bond motifs is 4. The molecule has 1 aromatic carbocycles. The Morgan fingerprint density at radius 3 is 2.82 bits per heavy atom. The summed E-state index contributed by atoms with van der Waals surface area (Å²) in [5.74, 6) is 0.298. The second-order valence-electron chi connectivity index (χ2n) is 7.45. The zero-order valence-electron chi connectivity index (χ0n) is 13.2. The fraction of sp³-hybridized carbons (Fsp3) is 0.474. The van der Waals surface area contributed by atoms with Crippen molar-refractivity contribution in [1.82, 2.24) is 0 Å². The highest BCUT2D eigenvalue weighted by Gasteiger charge is 2.47. The summed E-state index contributed by atoms with van der Waals surface area (Å²) in [5, 5.41) is 0. The van der Waals surface area contributed by atoms with E-state index in [-0.39, 0.29) is 29.0 Å². The number of dihydropyridines is 1. The molecule has 0 amide bonds. The van der Waals surface area contributed by atoms with Gasteiger partial charge < -0.3 is 0 Å². The van der Waals surface area contributed by atoms with Crippen molar-refractivity contribution in [3.8, 4) is 0 Å². The van der Waals surface area contributed by atoms with Gasteiger partial charge in [0.15, 0.2) is 5.78 Å². The second-order valence-corrected chi connectivity index (χ2v) is 7.45. The predicted molar refractivity (Wildman–Crippen MR) is 85.0 cm³/mol. The Morgan fingerprint density at radius 1 is 1.27 bits per heavy atom. The highest BCUT2D eigenvalue weighted by atomic mass is 19.1. The summed E-state index contributed by atoms with van der Waals surface area (Å²) in [5.41, 5.74) is 3.97. The van der Waals surface area contributed by atoms with Crippen LogP contribution in [-0.4, -0.2) is 17.0 Å². The molecule has 114 valence electrons. The minimum atomic E-state index is -0.322. The zero-order chi connectivity index (χ0) is 15.6. The summed E-state index contributed by atoms with van der Waals surface area (Å²) < 4.78 is 13.5. The van der Waals surface area contributed by atoms with Crippen LogP contribution in [0, 0.1) is 17.7 Å². The number of nitrogens with zero attached hydrogens (tertiary/aromatic N) is 1. The first-order valence-electron chi connectivity index (χ1n) is 7.97. The van der Waals surface area contributed by atoms with Crippen LogP contribution in [-0.2, 0) is 0 Å². The Kier molecular flexibility index (Phi) is 2.76. The molecule has 1 heterocycles. The molecular weight excluding hydrogens is 277 g/mol. The van der Waals surface area contributed by atoms with Crippen LogP contribution in [0.15, 0.2) is 34.8 Å². The lowest BCUT2D eigenvalue weighted by Crippen LogP contribution is -2.37. The van der Waals surface area contributed by atoms with Gasteiger partial charge in [-0.2, -0.15) is 0 Å². The molecule has 2 nitrogen and oxygen atoms in total. The lowest BCUT2D eigenvalue weighted by atomic mass is 9.69. The third-order valence-corrected chi connectivity index (χ3v) is 5.39. The summed E-state index contributed by atoms with van der Waals surface area (Å²) in [6, 6.07) is 4.69. The van der Waals surface area contributed by atoms with E-state index in [0.717, 1.165) is 24.1 Å². The number of Topliss-reactive ketones (excluding diaryl/α,β-unsaturated/α-hetero) is 1. The SMILES string of the molecule is CC1=CC(C)(C)N=C2CC3C(=O)c4cc(F)ccc4C3CC12. The average molecular weight is 297 g/mol. The minimum absolute atomic E-state index is 0.0477. The Balaban J connectivity index is 1.77. The van der Waals surface area contributed by atoms with E-state index in [9.17, 15) is 9.18 Å². The molecule has 3 heteroatoms. The smallest absolute Gasteiger partial charge is 0.167 e. The van der Waals surface area contributed by atoms with Crippen molar-refractivity contribution in [2.75, 3.05) is 0 Å². The molecular formula is C19H20FNO. The summed E-state index contributed by atoms with van der Waals surface area (Å²) in [7, 11) is 0. The summed E-state index contributed by atoms with van der Waals surface area (Å²) in [6.45, 7) is 6.38. The number of halogens is 1. The van der Waals surface area contributed by atoms with Crippen LogP contribution in [0.25, 0.3) is 0 Å². The Morgan fingerprint density at radius 2 is 2.05 bits per heavy atom. The van der Waals surface area contributed by atoms with Crippen LogP contribution in [0.3, 0.4) is 0 Å². The molecule has 0 N–H and O–H groups in total. The van der Waals surface area contributed by atoms with Crippen LogP contribution < -0.4 is 0 Å². The van der Waals surface area contributed by atoms with Crippen molar-refractivity contribution in [3.05, 3.63) is 46.8 Å². The Labute approximate surface area is 130 Å². The van der Waals surface area contributed by atoms with Gasteiger partial charge in [0.05, 0.1) is 5.54 Å². The fourth-order valence-corrected chi connectivity index (χ4v) is 4.58. The van der Waals surface area contributed by atoms with E-state index >= 15 is 0 Å². The first-order valence-corrected chi connectivity index (χ1v) is 7.97. The molecule has 0 radical (unpaired) electrons. The number of hydrogen-bond donors (Lipinski definition) is 0. The molecule has 3 atom stereocenters. The highest BCUT2D eigenvalue weighted by molar-refractivity contribution is 6.07. The van der Waals surface area contributed by atoms with Gasteiger partial charge in [0, 0.05) is 23.1 Å². The number of benzene rings is 1. The molecule has 4 rings (SSSR count). The molecule has 2 aliphatic carbocycles. The predicted octanol–water partition coefficient (Wildman–Crippen LogP) is 4.31. The Bertz CT molecular complexity index is 744. The molecule has 0 spiro atoms. The van der Waals surface area contributed by atoms with Gasteiger partial charge in [-0.25, -0.2) is 4.39 Å². The third kappa shape index (κ3) is 1.91. The van der Waals surface area contributed by atoms with E-state index in [4.69, 9.17) is 4.99 Å². The van der Waals surface area contributed by atoms with E-state index in [1.807, 2.05) is 0 Å². The van der Waals surface area contributed by atoms with Crippen molar-refractivity contribution >= 4 is 11.5 Å². The molecule has 0 aromatic heterocycles. The second kappa shape index (κ2) is 4.37. The van der Waals surface area contributed by atoms with Crippen molar-refractivity contribution in [2.24, 2.45) is 16.8 Å². The molecule has 22 heavy (non-hydrogen) atoms. The first kappa shape index (κ1) is 13.9. The molecule has 3 unspecified atom stereocenters. The standard InChI is InChI=1S/C19H20FNO/c1-10-9-19(2,3)21-17-8-16-14(7-13(10)17)12-5-4-11(20)6-15(12)18(16)22/h4-6,9,13-14,16H,7-8H2,1-3H3. The van der Waals surface area contributed by atoms with Gasteiger partial charge in [-0.15, -0.1) is 0 Å². The molecule has 0 bridgehead atoms. The van der Waals surface area contributed by atoms with Gasteiger partial charge in [0.1, 0.15) is 5.82 Å². The molecule has 1 aromatic rings. The van der Waals surface area contributed by atoms with Crippen LogP contribution in [0.1, 0.15) is 55.5 Å². The van der Waals surface area contributed by atoms with Crippen molar-refractivity contribution in [1.29, 1.82) is 0 Å². The average Bonchev–Trinajstić information content (AvgIpc) is 2.69. The number of hydrogen-bond acceptors (Lipinski definition) is 2. The third-order valence-electron chi connectivity index (χ3n) is 5.39. The number of carbonyl (C=O) groups is 1. The Hall–Kier alpha value is -1.77. The van der Waals surface area contributed by atoms with Crippen LogP contribution in [0.2, 0.25) is 0 Å². The largest absolute Gasteiger partial charge is 0.294 e. The van der Waals surface area contributed by atoms with E-state index in [2.05, 4.69) is 26.8 Å². The van der Waals surface area contributed by atoms with Gasteiger partial charge in [0.2, 0.25) is 0 Å². The summed E-state index contributed by atoms with van der Waals surface area (Å²) >= 11 is 0. The van der Waals surface area contributed by atoms with Gasteiger partial charge >= 0.3 is 0 Å². The van der Waals surface area contributed by atoms with Crippen LogP contribution in [0.4, 0.5) is 4.39 Å². The van der Waals surface area contributed by atoms with Crippen molar-refractivity contribution in [3.63, 3.8) is 0 Å². The van der Waals surface area contributed by atoms with Crippen LogP contribution >= 0.6 is 0 Å². The number of aliphatic imine (C=N–C) groups is 1. The maximum Gasteiger partial charge on any atom is 0.167 e. The highest BCUT2D eigenvalue weighted by Crippen LogP contribution is 2.50. The number of ketones is 1. The number of rotatable bonds is 0. The summed E-state index contributed by atoms with van der Waals surface area (Å²) in [4.78, 5) is 17.5. The van der Waals surface area contributed by atoms with E-state index in [1.165, 1.54) is 17.7 Å². The normalized spacial score (nSPS) is 31.8. The molecule has 1 saturated carbocycles. The number of allylic oxidation sites excluding steroid dienone is 1. The fourth-order valence-electron chi connectivity index (χ4n) is 4.58. The van der Waals surface area contributed by atoms with E-state index in [0.29, 0.717) is 11.5 Å². The molecule has 0 saturated heterocycles. The molecule has 3 aliphatic rings.